The largest absolute Gasteiger partial charge is 0.320 e. The Balaban J connectivity index is 1.83. The minimum Gasteiger partial charge on any atom is -0.320 e. The van der Waals surface area contributed by atoms with Crippen molar-refractivity contribution in [3.8, 4) is 5.69 Å². The van der Waals surface area contributed by atoms with E-state index in [1.807, 2.05) is 6.07 Å². The van der Waals surface area contributed by atoms with E-state index in [0.717, 1.165) is 8.95 Å². The zero-order chi connectivity index (χ0) is 18.0. The monoisotopic (exact) mass is 464 g/mol. The van der Waals surface area contributed by atoms with E-state index in [2.05, 4.69) is 42.3 Å². The number of anilines is 1. The van der Waals surface area contributed by atoms with E-state index in [1.165, 1.54) is 16.8 Å². The van der Waals surface area contributed by atoms with Crippen molar-refractivity contribution in [3.63, 3.8) is 0 Å². The number of hydrogen-bond acceptors (Lipinski definition) is 4. The number of hydrogen-bond donors (Lipinski definition) is 1. The van der Waals surface area contributed by atoms with Gasteiger partial charge in [0.2, 0.25) is 0 Å². The highest BCUT2D eigenvalue weighted by atomic mass is 79.9. The zero-order valence-corrected chi connectivity index (χ0v) is 15.7. The van der Waals surface area contributed by atoms with Gasteiger partial charge in [-0.2, -0.15) is 5.10 Å². The van der Waals surface area contributed by atoms with Crippen LogP contribution < -0.4 is 5.32 Å². The van der Waals surface area contributed by atoms with Crippen LogP contribution in [0.3, 0.4) is 0 Å². The number of nitro groups is 1. The number of benzene rings is 2. The third kappa shape index (κ3) is 3.94. The van der Waals surface area contributed by atoms with Crippen molar-refractivity contribution in [1.29, 1.82) is 0 Å². The Labute approximate surface area is 159 Å². The lowest BCUT2D eigenvalue weighted by Gasteiger charge is -2.06. The number of nitrogens with one attached hydrogen (secondary N) is 1. The average Bonchev–Trinajstić information content (AvgIpc) is 3.08. The summed E-state index contributed by atoms with van der Waals surface area (Å²) in [6, 6.07) is 13.0. The summed E-state index contributed by atoms with van der Waals surface area (Å²) < 4.78 is 2.98. The minimum atomic E-state index is -0.481. The molecule has 1 heterocycles. The van der Waals surface area contributed by atoms with Gasteiger partial charge in [-0.3, -0.25) is 14.9 Å². The molecule has 1 aromatic heterocycles. The third-order valence-electron chi connectivity index (χ3n) is 3.30. The molecule has 0 aliphatic carbocycles. The molecular weight excluding hydrogens is 456 g/mol. The van der Waals surface area contributed by atoms with Crippen molar-refractivity contribution >= 4 is 49.1 Å². The standard InChI is InChI=1S/C16H10Br2N4O3/c17-10-4-5-13(18)15(8-10)19-16(23)14-6-7-21(20-14)11-2-1-3-12(9-11)22(24)25/h1-9H,(H,19,23). The predicted octanol–water partition coefficient (Wildman–Crippen LogP) is 4.56. The van der Waals surface area contributed by atoms with Gasteiger partial charge < -0.3 is 5.32 Å². The summed E-state index contributed by atoms with van der Waals surface area (Å²) in [5.74, 6) is -0.386. The van der Waals surface area contributed by atoms with Gasteiger partial charge >= 0.3 is 0 Å². The van der Waals surface area contributed by atoms with Crippen molar-refractivity contribution in [2.45, 2.75) is 0 Å². The maximum absolute atomic E-state index is 12.4. The highest BCUT2D eigenvalue weighted by Crippen LogP contribution is 2.26. The third-order valence-corrected chi connectivity index (χ3v) is 4.49. The van der Waals surface area contributed by atoms with Gasteiger partial charge in [-0.1, -0.05) is 22.0 Å². The number of rotatable bonds is 4. The van der Waals surface area contributed by atoms with Crippen LogP contribution in [-0.2, 0) is 0 Å². The molecule has 126 valence electrons. The Bertz CT molecular complexity index is 972. The van der Waals surface area contributed by atoms with Crippen molar-refractivity contribution in [3.05, 3.63) is 79.5 Å². The van der Waals surface area contributed by atoms with Crippen molar-refractivity contribution in [2.24, 2.45) is 0 Å². The van der Waals surface area contributed by atoms with Crippen LogP contribution >= 0.6 is 31.9 Å². The molecule has 0 radical (unpaired) electrons. The van der Waals surface area contributed by atoms with E-state index in [0.29, 0.717) is 11.4 Å². The van der Waals surface area contributed by atoms with Crippen molar-refractivity contribution in [1.82, 2.24) is 9.78 Å². The van der Waals surface area contributed by atoms with Crippen LogP contribution in [0.5, 0.6) is 0 Å². The van der Waals surface area contributed by atoms with Gasteiger partial charge in [0.05, 0.1) is 16.3 Å². The van der Waals surface area contributed by atoms with E-state index < -0.39 is 4.92 Å². The molecule has 3 aromatic rings. The molecule has 0 atom stereocenters. The summed E-state index contributed by atoms with van der Waals surface area (Å²) in [5.41, 5.74) is 1.25. The van der Waals surface area contributed by atoms with E-state index in [-0.39, 0.29) is 17.3 Å². The topological polar surface area (TPSA) is 90.1 Å². The van der Waals surface area contributed by atoms with Gasteiger partial charge in [-0.05, 0) is 46.3 Å². The van der Waals surface area contributed by atoms with Gasteiger partial charge in [0.15, 0.2) is 5.69 Å². The Morgan fingerprint density at radius 2 is 1.96 bits per heavy atom. The molecule has 0 aliphatic rings. The summed E-state index contributed by atoms with van der Waals surface area (Å²) in [7, 11) is 0. The zero-order valence-electron chi connectivity index (χ0n) is 12.5. The lowest BCUT2D eigenvalue weighted by atomic mass is 10.3. The number of non-ortho nitro benzene ring substituents is 1. The molecule has 9 heteroatoms. The molecule has 2 aromatic carbocycles. The van der Waals surface area contributed by atoms with Crippen LogP contribution in [0.25, 0.3) is 5.69 Å². The summed E-state index contributed by atoms with van der Waals surface area (Å²) >= 11 is 6.72. The Hall–Kier alpha value is -2.52. The molecule has 25 heavy (non-hydrogen) atoms. The van der Waals surface area contributed by atoms with Crippen LogP contribution in [0, 0.1) is 10.1 Å². The maximum atomic E-state index is 12.4. The summed E-state index contributed by atoms with van der Waals surface area (Å²) in [6.45, 7) is 0. The van der Waals surface area contributed by atoms with Crippen molar-refractivity contribution in [2.75, 3.05) is 5.32 Å². The fourth-order valence-electron chi connectivity index (χ4n) is 2.12. The fourth-order valence-corrected chi connectivity index (χ4v) is 2.82. The summed E-state index contributed by atoms with van der Waals surface area (Å²) in [6.07, 6.45) is 1.57. The van der Waals surface area contributed by atoms with Gasteiger partial charge in [-0.25, -0.2) is 4.68 Å². The van der Waals surface area contributed by atoms with E-state index >= 15 is 0 Å². The van der Waals surface area contributed by atoms with Crippen LogP contribution in [0.1, 0.15) is 10.5 Å². The number of carbonyl (C=O) groups is 1. The summed E-state index contributed by atoms with van der Waals surface area (Å²) in [4.78, 5) is 22.7. The first-order chi connectivity index (χ1) is 11.9. The molecule has 3 rings (SSSR count). The second kappa shape index (κ2) is 7.16. The Kier molecular flexibility index (Phi) is 4.95. The molecule has 0 saturated heterocycles. The van der Waals surface area contributed by atoms with Crippen LogP contribution in [0.2, 0.25) is 0 Å². The van der Waals surface area contributed by atoms with Crippen LogP contribution in [0.15, 0.2) is 63.7 Å². The normalized spacial score (nSPS) is 10.5. The van der Waals surface area contributed by atoms with Gasteiger partial charge in [0.25, 0.3) is 11.6 Å². The van der Waals surface area contributed by atoms with Crippen LogP contribution in [-0.4, -0.2) is 20.6 Å². The number of nitro benzene ring substituents is 1. The molecule has 0 aliphatic heterocycles. The molecule has 0 bridgehead atoms. The van der Waals surface area contributed by atoms with E-state index in [1.54, 1.807) is 36.5 Å². The first kappa shape index (κ1) is 17.3. The second-order valence-electron chi connectivity index (χ2n) is 5.00. The molecule has 0 saturated carbocycles. The maximum Gasteiger partial charge on any atom is 0.276 e. The highest BCUT2D eigenvalue weighted by molar-refractivity contribution is 9.11. The Morgan fingerprint density at radius 3 is 2.72 bits per heavy atom. The van der Waals surface area contributed by atoms with Gasteiger partial charge in [-0.15, -0.1) is 0 Å². The molecule has 0 fully saturated rings. The number of amides is 1. The van der Waals surface area contributed by atoms with Crippen molar-refractivity contribution < 1.29 is 9.72 Å². The summed E-state index contributed by atoms with van der Waals surface area (Å²) in [5, 5.41) is 17.8. The lowest BCUT2D eigenvalue weighted by Crippen LogP contribution is -2.13. The fraction of sp³-hybridized carbons (Fsp3) is 0. The average molecular weight is 466 g/mol. The van der Waals surface area contributed by atoms with E-state index in [9.17, 15) is 14.9 Å². The highest BCUT2D eigenvalue weighted by Gasteiger charge is 2.13. The first-order valence-corrected chi connectivity index (χ1v) is 8.59. The first-order valence-electron chi connectivity index (χ1n) is 7.01. The smallest absolute Gasteiger partial charge is 0.276 e. The second-order valence-corrected chi connectivity index (χ2v) is 6.77. The molecule has 7 nitrogen and oxygen atoms in total. The van der Waals surface area contributed by atoms with Gasteiger partial charge in [0, 0.05) is 27.3 Å². The molecular formula is C16H10Br2N4O3. The Morgan fingerprint density at radius 1 is 1.16 bits per heavy atom. The van der Waals surface area contributed by atoms with E-state index in [4.69, 9.17) is 0 Å². The molecule has 0 unspecified atom stereocenters. The molecule has 0 spiro atoms. The number of carbonyl (C=O) groups excluding carboxylic acids is 1. The SMILES string of the molecule is O=C(Nc1cc(Br)ccc1Br)c1ccn(-c2cccc([N+](=O)[O-])c2)n1. The predicted molar refractivity (Wildman–Crippen MR) is 100 cm³/mol. The van der Waals surface area contributed by atoms with Gasteiger partial charge in [0.1, 0.15) is 0 Å². The quantitative estimate of drug-likeness (QED) is 0.451. The van der Waals surface area contributed by atoms with Crippen LogP contribution in [0.4, 0.5) is 11.4 Å². The lowest BCUT2D eigenvalue weighted by molar-refractivity contribution is -0.384. The number of nitrogens with zero attached hydrogens (tertiary/aromatic N) is 3. The minimum absolute atomic E-state index is 0.0444. The molecule has 1 amide bonds. The number of halogens is 2. The number of aromatic nitrogens is 2. The molecule has 1 N–H and O–H groups in total.